The van der Waals surface area contributed by atoms with Gasteiger partial charge >= 0.3 is 0 Å². The van der Waals surface area contributed by atoms with Gasteiger partial charge in [-0.1, -0.05) is 49.3 Å². The first-order valence-corrected chi connectivity index (χ1v) is 9.68. The maximum Gasteiger partial charge on any atom is 0.194 e. The van der Waals surface area contributed by atoms with Gasteiger partial charge in [0.2, 0.25) is 0 Å². The Balaban J connectivity index is 0.00000280. The van der Waals surface area contributed by atoms with Crippen LogP contribution in [-0.2, 0) is 17.9 Å². The normalized spacial score (nSPS) is 17.1. The van der Waals surface area contributed by atoms with Crippen LogP contribution in [0.4, 0.5) is 0 Å². The second kappa shape index (κ2) is 11.4. The van der Waals surface area contributed by atoms with Crippen LogP contribution in [0.25, 0.3) is 0 Å². The number of hydrogen-bond acceptors (Lipinski definition) is 4. The number of ether oxygens (including phenoxy) is 1. The molecule has 0 saturated carbocycles. The second-order valence-corrected chi connectivity index (χ2v) is 7.38. The van der Waals surface area contributed by atoms with Crippen LogP contribution in [0.15, 0.2) is 45.9 Å². The second-order valence-electron chi connectivity index (χ2n) is 7.38. The van der Waals surface area contributed by atoms with Crippen LogP contribution in [0.1, 0.15) is 43.2 Å². The highest BCUT2D eigenvalue weighted by Crippen LogP contribution is 2.18. The van der Waals surface area contributed by atoms with E-state index in [-0.39, 0.29) is 24.0 Å². The van der Waals surface area contributed by atoms with Gasteiger partial charge < -0.3 is 19.5 Å². The number of nitrogens with one attached hydrogen (secondary N) is 1. The van der Waals surface area contributed by atoms with Crippen molar-refractivity contribution in [3.05, 3.63) is 53.4 Å². The zero-order valence-corrected chi connectivity index (χ0v) is 19.3. The molecule has 6 nitrogen and oxygen atoms in total. The van der Waals surface area contributed by atoms with Gasteiger partial charge in [-0.2, -0.15) is 0 Å². The average Bonchev–Trinajstić information content (AvgIpc) is 3.33. The van der Waals surface area contributed by atoms with E-state index in [1.54, 1.807) is 0 Å². The van der Waals surface area contributed by atoms with E-state index in [1.165, 1.54) is 5.56 Å². The Labute approximate surface area is 184 Å². The Morgan fingerprint density at radius 1 is 1.36 bits per heavy atom. The lowest BCUT2D eigenvalue weighted by atomic mass is 10.1. The summed E-state index contributed by atoms with van der Waals surface area (Å²) in [5.41, 5.74) is 2.20. The lowest BCUT2D eigenvalue weighted by molar-refractivity contribution is 0.0906. The Bertz CT molecular complexity index is 733. The van der Waals surface area contributed by atoms with Crippen molar-refractivity contribution in [2.75, 3.05) is 26.7 Å². The third-order valence-electron chi connectivity index (χ3n) is 4.85. The molecule has 1 aromatic heterocycles. The van der Waals surface area contributed by atoms with Crippen LogP contribution in [0.3, 0.4) is 0 Å². The summed E-state index contributed by atoms with van der Waals surface area (Å²) in [6.07, 6.45) is 1.12. The minimum absolute atomic E-state index is 0. The van der Waals surface area contributed by atoms with Gasteiger partial charge in [-0.3, -0.25) is 4.99 Å². The van der Waals surface area contributed by atoms with Crippen molar-refractivity contribution in [2.45, 2.75) is 39.3 Å². The molecule has 1 saturated heterocycles. The van der Waals surface area contributed by atoms with E-state index >= 15 is 0 Å². The van der Waals surface area contributed by atoms with Gasteiger partial charge in [-0.05, 0) is 17.9 Å². The molecule has 1 aromatic carbocycles. The fourth-order valence-electron chi connectivity index (χ4n) is 3.26. The molecule has 1 unspecified atom stereocenters. The minimum Gasteiger partial charge on any atom is -0.376 e. The molecular formula is C21H31IN4O2. The smallest absolute Gasteiger partial charge is 0.194 e. The molecule has 0 aliphatic carbocycles. The highest BCUT2D eigenvalue weighted by atomic mass is 127. The molecular weight excluding hydrogens is 467 g/mol. The Morgan fingerprint density at radius 3 is 2.82 bits per heavy atom. The van der Waals surface area contributed by atoms with Gasteiger partial charge in [-0.25, -0.2) is 0 Å². The number of aliphatic imine (C=N–C) groups is 1. The molecule has 0 bridgehead atoms. The van der Waals surface area contributed by atoms with Crippen molar-refractivity contribution < 1.29 is 9.26 Å². The molecule has 1 fully saturated rings. The molecule has 28 heavy (non-hydrogen) atoms. The fraction of sp³-hybridized carbons (Fsp3) is 0.524. The third-order valence-corrected chi connectivity index (χ3v) is 4.85. The van der Waals surface area contributed by atoms with Crippen molar-refractivity contribution in [1.29, 1.82) is 0 Å². The van der Waals surface area contributed by atoms with E-state index in [4.69, 9.17) is 9.26 Å². The molecule has 0 radical (unpaired) electrons. The van der Waals surface area contributed by atoms with Crippen LogP contribution < -0.4 is 5.32 Å². The number of aromatic nitrogens is 1. The van der Waals surface area contributed by atoms with Gasteiger partial charge in [0.15, 0.2) is 11.7 Å². The summed E-state index contributed by atoms with van der Waals surface area (Å²) in [5.74, 6) is 2.65. The first kappa shape index (κ1) is 22.7. The van der Waals surface area contributed by atoms with Crippen molar-refractivity contribution >= 4 is 29.9 Å². The summed E-state index contributed by atoms with van der Waals surface area (Å²) < 4.78 is 11.3. The minimum atomic E-state index is 0. The third kappa shape index (κ3) is 6.48. The Hall–Kier alpha value is -1.61. The first-order valence-electron chi connectivity index (χ1n) is 9.68. The highest BCUT2D eigenvalue weighted by molar-refractivity contribution is 14.0. The van der Waals surface area contributed by atoms with Crippen LogP contribution in [-0.4, -0.2) is 42.8 Å². The zero-order valence-electron chi connectivity index (χ0n) is 16.9. The van der Waals surface area contributed by atoms with E-state index in [1.807, 2.05) is 31.3 Å². The zero-order chi connectivity index (χ0) is 19.1. The molecule has 1 N–H and O–H groups in total. The van der Waals surface area contributed by atoms with Crippen LogP contribution in [0, 0.1) is 5.92 Å². The molecule has 1 aliphatic rings. The monoisotopic (exact) mass is 498 g/mol. The molecule has 7 heteroatoms. The number of hydrogen-bond donors (Lipinski definition) is 1. The standard InChI is InChI=1S/C21H30N4O2.HI/c1-16(2)20-11-19(27-24-20)12-23-21(22-3)25-10-9-18(13-25)15-26-14-17-7-5-4-6-8-17;/h4-8,11,16,18H,9-10,12-15H2,1-3H3,(H,22,23);1H. The first-order chi connectivity index (χ1) is 13.2. The number of benzene rings is 1. The Kier molecular flexibility index (Phi) is 9.24. The number of nitrogens with zero attached hydrogens (tertiary/aromatic N) is 3. The molecule has 2 aromatic rings. The average molecular weight is 498 g/mol. The molecule has 3 rings (SSSR count). The van der Waals surface area contributed by atoms with E-state index in [9.17, 15) is 0 Å². The summed E-state index contributed by atoms with van der Waals surface area (Å²) in [6.45, 7) is 8.22. The molecule has 2 heterocycles. The van der Waals surface area contributed by atoms with Crippen molar-refractivity contribution in [3.8, 4) is 0 Å². The molecule has 154 valence electrons. The summed E-state index contributed by atoms with van der Waals surface area (Å²) >= 11 is 0. The van der Waals surface area contributed by atoms with Gasteiger partial charge in [-0.15, -0.1) is 24.0 Å². The van der Waals surface area contributed by atoms with Gasteiger partial charge in [0.25, 0.3) is 0 Å². The number of likely N-dealkylation sites (tertiary alicyclic amines) is 1. The SMILES string of the molecule is CN=C(NCc1cc(C(C)C)no1)N1CCC(COCc2ccccc2)C1.I. The van der Waals surface area contributed by atoms with Gasteiger partial charge in [0.1, 0.15) is 0 Å². The molecule has 1 aliphatic heterocycles. The molecule has 0 spiro atoms. The summed E-state index contributed by atoms with van der Waals surface area (Å²) in [4.78, 5) is 6.71. The highest BCUT2D eigenvalue weighted by Gasteiger charge is 2.25. The number of guanidine groups is 1. The predicted molar refractivity (Wildman–Crippen MR) is 122 cm³/mol. The summed E-state index contributed by atoms with van der Waals surface area (Å²) in [6, 6.07) is 12.3. The van der Waals surface area contributed by atoms with Crippen molar-refractivity contribution in [2.24, 2.45) is 10.9 Å². The Morgan fingerprint density at radius 2 is 2.14 bits per heavy atom. The lowest BCUT2D eigenvalue weighted by Gasteiger charge is -2.21. The predicted octanol–water partition coefficient (Wildman–Crippen LogP) is 4.03. The quantitative estimate of drug-likeness (QED) is 0.355. The largest absolute Gasteiger partial charge is 0.376 e. The summed E-state index contributed by atoms with van der Waals surface area (Å²) in [5, 5.41) is 7.49. The number of halogens is 1. The summed E-state index contributed by atoms with van der Waals surface area (Å²) in [7, 11) is 1.82. The molecule has 0 amide bonds. The van der Waals surface area contributed by atoms with Gasteiger partial charge in [0.05, 0.1) is 25.5 Å². The maximum absolute atomic E-state index is 5.91. The topological polar surface area (TPSA) is 62.9 Å². The number of rotatable bonds is 7. The van der Waals surface area contributed by atoms with Gasteiger partial charge in [0, 0.05) is 32.1 Å². The van der Waals surface area contributed by atoms with E-state index in [0.717, 1.165) is 43.5 Å². The van der Waals surface area contributed by atoms with Crippen molar-refractivity contribution in [3.63, 3.8) is 0 Å². The van der Waals surface area contributed by atoms with Crippen LogP contribution in [0.5, 0.6) is 0 Å². The van der Waals surface area contributed by atoms with E-state index in [0.29, 0.717) is 25.0 Å². The van der Waals surface area contributed by atoms with E-state index < -0.39 is 0 Å². The van der Waals surface area contributed by atoms with Crippen LogP contribution in [0.2, 0.25) is 0 Å². The molecule has 1 atom stereocenters. The van der Waals surface area contributed by atoms with Crippen LogP contribution >= 0.6 is 24.0 Å². The van der Waals surface area contributed by atoms with E-state index in [2.05, 4.69) is 46.3 Å². The lowest BCUT2D eigenvalue weighted by Crippen LogP contribution is -2.39. The van der Waals surface area contributed by atoms with Crippen molar-refractivity contribution in [1.82, 2.24) is 15.4 Å². The maximum atomic E-state index is 5.91. The fourth-order valence-corrected chi connectivity index (χ4v) is 3.26.